The van der Waals surface area contributed by atoms with Crippen molar-refractivity contribution in [3.8, 4) is 11.3 Å². The molecule has 0 unspecified atom stereocenters. The average Bonchev–Trinajstić information content (AvgIpc) is 3.13. The monoisotopic (exact) mass is 945 g/mol. The number of ketones is 1. The van der Waals surface area contributed by atoms with Crippen molar-refractivity contribution < 1.29 is 43.2 Å². The summed E-state index contributed by atoms with van der Waals surface area (Å²) in [6.07, 6.45) is 11.1. The summed E-state index contributed by atoms with van der Waals surface area (Å²) in [6, 6.07) is 22.0. The number of hydrogen-bond donors (Lipinski definition) is 1. The molecule has 3 aliphatic rings. The summed E-state index contributed by atoms with van der Waals surface area (Å²) in [5.74, 6) is -0.231. The van der Waals surface area contributed by atoms with Crippen LogP contribution in [0.15, 0.2) is 60.4 Å². The fourth-order valence-corrected chi connectivity index (χ4v) is 9.76. The number of allylic oxidation sites excluding steroid dienone is 2. The summed E-state index contributed by atoms with van der Waals surface area (Å²) < 4.78 is 36.1. The third-order valence-electron chi connectivity index (χ3n) is 13.0. The number of aryl methyl sites for hydroxylation is 2. The van der Waals surface area contributed by atoms with Crippen molar-refractivity contribution in [2.45, 2.75) is 149 Å². The molecule has 305 valence electrons. The fourth-order valence-electron chi connectivity index (χ4n) is 9.76. The maximum atomic E-state index is 12.0. The fraction of sp³-hybridized carbons (Fsp3) is 0.551. The molecular formula is C49H61F3IrNO2-. The van der Waals surface area contributed by atoms with E-state index in [0.29, 0.717) is 24.8 Å². The number of aromatic nitrogens is 1. The SMILES string of the molecule is CC1(C)CCC(C(=O)/C=C(\O)C(F)(F)F)CC1.Cc1cc(C)c2c(C3CCC(C4CCCCC4)CC3)cc(-c3[c-]c4ccccc4c(C(C)(C)C)c3)nc2c1.[Ir]. The number of nitrogens with zero attached hydrogens (tertiary/aromatic N) is 1. The quantitative estimate of drug-likeness (QED) is 0.123. The molecular weight excluding hydrogens is 884 g/mol. The van der Waals surface area contributed by atoms with Gasteiger partial charge in [-0.05, 0) is 117 Å². The Morgan fingerprint density at radius 2 is 1.48 bits per heavy atom. The maximum Gasteiger partial charge on any atom is 0.448 e. The van der Waals surface area contributed by atoms with E-state index >= 15 is 0 Å². The van der Waals surface area contributed by atoms with Gasteiger partial charge in [0.15, 0.2) is 5.78 Å². The number of carbonyl (C=O) groups excluding carboxylic acids is 1. The van der Waals surface area contributed by atoms with Gasteiger partial charge in [-0.15, -0.1) is 29.1 Å². The van der Waals surface area contributed by atoms with Crippen LogP contribution in [-0.4, -0.2) is 22.1 Å². The van der Waals surface area contributed by atoms with E-state index in [0.717, 1.165) is 41.5 Å². The summed E-state index contributed by atoms with van der Waals surface area (Å²) >= 11 is 0. The predicted molar refractivity (Wildman–Crippen MR) is 220 cm³/mol. The summed E-state index contributed by atoms with van der Waals surface area (Å²) in [6.45, 7) is 15.6. The van der Waals surface area contributed by atoms with Crippen LogP contribution in [0.25, 0.3) is 32.9 Å². The Balaban J connectivity index is 0.000000282. The largest absolute Gasteiger partial charge is 0.504 e. The number of aliphatic hydroxyl groups is 1. The van der Waals surface area contributed by atoms with Crippen LogP contribution in [0.3, 0.4) is 0 Å². The van der Waals surface area contributed by atoms with Crippen LogP contribution in [0.2, 0.25) is 0 Å². The Bertz CT molecular complexity index is 2020. The number of hydrogen-bond acceptors (Lipinski definition) is 3. The van der Waals surface area contributed by atoms with Gasteiger partial charge in [0.2, 0.25) is 5.76 Å². The molecule has 3 aromatic carbocycles. The van der Waals surface area contributed by atoms with E-state index in [9.17, 15) is 18.0 Å². The second-order valence-electron chi connectivity index (χ2n) is 18.8. The Labute approximate surface area is 346 Å². The van der Waals surface area contributed by atoms with Gasteiger partial charge in [-0.1, -0.05) is 108 Å². The van der Waals surface area contributed by atoms with Gasteiger partial charge in [-0.25, -0.2) is 0 Å². The first-order chi connectivity index (χ1) is 25.9. The molecule has 0 atom stereocenters. The van der Waals surface area contributed by atoms with Crippen LogP contribution in [0, 0.1) is 43.1 Å². The second-order valence-corrected chi connectivity index (χ2v) is 18.8. The number of halogens is 3. The van der Waals surface area contributed by atoms with Crippen molar-refractivity contribution in [2.24, 2.45) is 23.2 Å². The summed E-state index contributed by atoms with van der Waals surface area (Å²) in [5.41, 5.74) is 9.16. The van der Waals surface area contributed by atoms with E-state index in [1.54, 1.807) is 0 Å². The zero-order chi connectivity index (χ0) is 39.7. The molecule has 0 bridgehead atoms. The van der Waals surface area contributed by atoms with Crippen LogP contribution >= 0.6 is 0 Å². The number of alkyl halides is 3. The number of fused-ring (bicyclic) bond motifs is 2. The topological polar surface area (TPSA) is 50.2 Å². The minimum atomic E-state index is -4.83. The van der Waals surface area contributed by atoms with Gasteiger partial charge in [0, 0.05) is 43.2 Å². The van der Waals surface area contributed by atoms with Crippen LogP contribution < -0.4 is 0 Å². The second kappa shape index (κ2) is 17.9. The van der Waals surface area contributed by atoms with Crippen molar-refractivity contribution in [1.29, 1.82) is 0 Å². The van der Waals surface area contributed by atoms with E-state index in [-0.39, 0.29) is 36.9 Å². The summed E-state index contributed by atoms with van der Waals surface area (Å²) in [5, 5.41) is 12.6. The van der Waals surface area contributed by atoms with Gasteiger partial charge in [-0.2, -0.15) is 13.2 Å². The molecule has 0 aliphatic heterocycles. The van der Waals surface area contributed by atoms with Crippen molar-refractivity contribution in [3.05, 3.63) is 88.7 Å². The van der Waals surface area contributed by atoms with E-state index < -0.39 is 17.7 Å². The zero-order valence-corrected chi connectivity index (χ0v) is 36.9. The Kier molecular flexibility index (Phi) is 14.1. The predicted octanol–water partition coefficient (Wildman–Crippen LogP) is 14.4. The first kappa shape index (κ1) is 44.1. The number of rotatable bonds is 5. The molecule has 0 saturated heterocycles. The number of pyridine rings is 1. The van der Waals surface area contributed by atoms with Crippen molar-refractivity contribution in [3.63, 3.8) is 0 Å². The number of benzene rings is 3. The molecule has 56 heavy (non-hydrogen) atoms. The maximum absolute atomic E-state index is 12.0. The molecule has 1 aromatic heterocycles. The Hall–Kier alpha value is -3.02. The van der Waals surface area contributed by atoms with E-state index in [1.807, 2.05) is 0 Å². The standard InChI is InChI=1S/C37H44N.C12H17F3O2.Ir/c1-24-19-25(2)36-32(28-17-15-27(16-18-28)26-11-7-6-8-12-26)23-34(38-35(36)20-24)30-21-29-13-9-10-14-31(29)33(22-30)37(3,4)5;1-11(2)5-3-8(4-6-11)9(16)7-10(17)12(13,14)15;/h9-10,13-14,19-20,22-23,26-28H,6-8,11-12,15-18H2,1-5H3;7-8,17H,3-6H2,1-2H3;/q-1;;/b;10-7-;. The van der Waals surface area contributed by atoms with Crippen LogP contribution in [0.4, 0.5) is 13.2 Å². The third kappa shape index (κ3) is 10.5. The van der Waals surface area contributed by atoms with Crippen LogP contribution in [0.5, 0.6) is 0 Å². The van der Waals surface area contributed by atoms with Gasteiger partial charge in [0.25, 0.3) is 0 Å². The summed E-state index contributed by atoms with van der Waals surface area (Å²) in [4.78, 5) is 16.8. The smallest absolute Gasteiger partial charge is 0.448 e. The van der Waals surface area contributed by atoms with Gasteiger partial charge < -0.3 is 5.11 Å². The molecule has 3 aliphatic carbocycles. The first-order valence-corrected chi connectivity index (χ1v) is 20.8. The van der Waals surface area contributed by atoms with E-state index in [1.165, 1.54) is 96.2 Å². The zero-order valence-electron chi connectivity index (χ0n) is 34.5. The Morgan fingerprint density at radius 3 is 2.11 bits per heavy atom. The van der Waals surface area contributed by atoms with E-state index in [4.69, 9.17) is 10.1 Å². The molecule has 7 heteroatoms. The third-order valence-corrected chi connectivity index (χ3v) is 13.0. The molecule has 7 rings (SSSR count). The number of carbonyl (C=O) groups is 1. The average molecular weight is 945 g/mol. The molecule has 3 saturated carbocycles. The van der Waals surface area contributed by atoms with Gasteiger partial charge in [0.05, 0.1) is 5.52 Å². The van der Waals surface area contributed by atoms with Crippen LogP contribution in [0.1, 0.15) is 146 Å². The minimum Gasteiger partial charge on any atom is -0.504 e. The molecule has 4 aromatic rings. The summed E-state index contributed by atoms with van der Waals surface area (Å²) in [7, 11) is 0. The molecule has 1 radical (unpaired) electrons. The van der Waals surface area contributed by atoms with Crippen molar-refractivity contribution in [2.75, 3.05) is 0 Å². The van der Waals surface area contributed by atoms with Gasteiger partial charge in [0.1, 0.15) is 0 Å². The Morgan fingerprint density at radius 1 is 0.857 bits per heavy atom. The number of aliphatic hydroxyl groups excluding tert-OH is 1. The first-order valence-electron chi connectivity index (χ1n) is 20.8. The molecule has 3 fully saturated rings. The van der Waals surface area contributed by atoms with Gasteiger partial charge in [-0.3, -0.25) is 9.78 Å². The molecule has 0 spiro atoms. The van der Waals surface area contributed by atoms with E-state index in [2.05, 4.69) is 103 Å². The molecule has 3 nitrogen and oxygen atoms in total. The van der Waals surface area contributed by atoms with Crippen molar-refractivity contribution in [1.82, 2.24) is 4.98 Å². The minimum absolute atomic E-state index is 0. The molecule has 1 N–H and O–H groups in total. The van der Waals surface area contributed by atoms with Crippen molar-refractivity contribution >= 4 is 27.5 Å². The molecule has 0 amide bonds. The molecule has 1 heterocycles. The van der Waals surface area contributed by atoms with Gasteiger partial charge >= 0.3 is 6.18 Å². The van der Waals surface area contributed by atoms with Crippen LogP contribution in [-0.2, 0) is 30.3 Å². The normalized spacial score (nSPS) is 21.3.